The summed E-state index contributed by atoms with van der Waals surface area (Å²) < 4.78 is 14.3. The van der Waals surface area contributed by atoms with Crippen LogP contribution in [0.1, 0.15) is 17.2 Å². The number of halogens is 3. The van der Waals surface area contributed by atoms with Gasteiger partial charge >= 0.3 is 0 Å². The van der Waals surface area contributed by atoms with E-state index in [1.54, 1.807) is 12.1 Å². The van der Waals surface area contributed by atoms with Crippen molar-refractivity contribution in [3.05, 3.63) is 68.0 Å². The highest BCUT2D eigenvalue weighted by Crippen LogP contribution is 2.24. The average molecular weight is 391 g/mol. The van der Waals surface area contributed by atoms with E-state index in [4.69, 9.17) is 17.4 Å². The van der Waals surface area contributed by atoms with Crippen molar-refractivity contribution >= 4 is 34.2 Å². The summed E-state index contributed by atoms with van der Waals surface area (Å²) in [6.45, 7) is 0. The van der Waals surface area contributed by atoms with Crippen LogP contribution in [-0.2, 0) is 6.42 Å². The topological polar surface area (TPSA) is 38.0 Å². The lowest BCUT2D eigenvalue weighted by Crippen LogP contribution is -2.30. The van der Waals surface area contributed by atoms with E-state index in [0.29, 0.717) is 6.42 Å². The van der Waals surface area contributed by atoms with Crippen molar-refractivity contribution in [2.45, 2.75) is 12.5 Å². The fourth-order valence-electron chi connectivity index (χ4n) is 1.92. The van der Waals surface area contributed by atoms with E-state index in [1.807, 2.05) is 24.3 Å². The zero-order chi connectivity index (χ0) is 13.8. The van der Waals surface area contributed by atoms with Crippen molar-refractivity contribution in [1.82, 2.24) is 5.43 Å². The molecule has 2 rings (SSSR count). The predicted octanol–water partition coefficient (Wildman–Crippen LogP) is 3.83. The van der Waals surface area contributed by atoms with E-state index in [1.165, 1.54) is 6.07 Å². The summed E-state index contributed by atoms with van der Waals surface area (Å²) in [5.41, 5.74) is 4.86. The first kappa shape index (κ1) is 14.7. The first-order chi connectivity index (χ1) is 9.11. The lowest BCUT2D eigenvalue weighted by molar-refractivity contribution is 0.548. The first-order valence-electron chi connectivity index (χ1n) is 5.76. The fraction of sp³-hybridized carbons (Fsp3) is 0.143. The standard InChI is InChI=1S/C14H13ClFIN2/c15-11-7-9(5-6-12(11)16)8-14(19-18)10-3-1-2-4-13(10)17/h1-7,14,19H,8,18H2. The molecule has 2 nitrogen and oxygen atoms in total. The summed E-state index contributed by atoms with van der Waals surface area (Å²) in [7, 11) is 0. The Morgan fingerprint density at radius 2 is 2.00 bits per heavy atom. The summed E-state index contributed by atoms with van der Waals surface area (Å²) >= 11 is 8.06. The molecule has 0 aliphatic rings. The van der Waals surface area contributed by atoms with Crippen molar-refractivity contribution in [2.24, 2.45) is 5.84 Å². The Bertz CT molecular complexity index is 577. The summed E-state index contributed by atoms with van der Waals surface area (Å²) in [5.74, 6) is 5.22. The molecule has 2 aromatic carbocycles. The molecule has 0 heterocycles. The van der Waals surface area contributed by atoms with Gasteiger partial charge in [-0.1, -0.05) is 35.9 Å². The maximum atomic E-state index is 13.1. The molecule has 1 unspecified atom stereocenters. The van der Waals surface area contributed by atoms with Crippen molar-refractivity contribution in [3.63, 3.8) is 0 Å². The van der Waals surface area contributed by atoms with Gasteiger partial charge in [0.25, 0.3) is 0 Å². The highest BCUT2D eigenvalue weighted by Gasteiger charge is 2.14. The minimum absolute atomic E-state index is 0.0328. The third-order valence-corrected chi connectivity index (χ3v) is 4.18. The van der Waals surface area contributed by atoms with Gasteiger partial charge in [-0.25, -0.2) is 4.39 Å². The Morgan fingerprint density at radius 1 is 1.26 bits per heavy atom. The molecule has 0 aliphatic heterocycles. The molecule has 0 bridgehead atoms. The lowest BCUT2D eigenvalue weighted by Gasteiger charge is -2.18. The van der Waals surface area contributed by atoms with Gasteiger partial charge < -0.3 is 0 Å². The van der Waals surface area contributed by atoms with E-state index in [2.05, 4.69) is 28.0 Å². The molecule has 0 radical (unpaired) electrons. The van der Waals surface area contributed by atoms with Gasteiger partial charge in [-0.3, -0.25) is 11.3 Å². The van der Waals surface area contributed by atoms with Crippen molar-refractivity contribution in [1.29, 1.82) is 0 Å². The van der Waals surface area contributed by atoms with Crippen LogP contribution in [0.4, 0.5) is 4.39 Å². The van der Waals surface area contributed by atoms with Gasteiger partial charge in [0.1, 0.15) is 5.82 Å². The van der Waals surface area contributed by atoms with Crippen molar-refractivity contribution in [3.8, 4) is 0 Å². The highest BCUT2D eigenvalue weighted by molar-refractivity contribution is 14.1. The van der Waals surface area contributed by atoms with Crippen LogP contribution in [0, 0.1) is 9.39 Å². The third kappa shape index (κ3) is 3.66. The minimum atomic E-state index is -0.406. The molecule has 0 saturated carbocycles. The molecule has 0 fully saturated rings. The van der Waals surface area contributed by atoms with Gasteiger partial charge in [-0.05, 0) is 58.3 Å². The van der Waals surface area contributed by atoms with E-state index in [-0.39, 0.29) is 11.1 Å². The summed E-state index contributed by atoms with van der Waals surface area (Å²) in [5, 5.41) is 0.135. The number of benzene rings is 2. The van der Waals surface area contributed by atoms with E-state index >= 15 is 0 Å². The molecule has 3 N–H and O–H groups in total. The zero-order valence-corrected chi connectivity index (χ0v) is 13.0. The Hall–Kier alpha value is -0.690. The van der Waals surface area contributed by atoms with Gasteiger partial charge in [0.2, 0.25) is 0 Å². The molecule has 0 saturated heterocycles. The molecule has 0 aromatic heterocycles. The fourth-order valence-corrected chi connectivity index (χ4v) is 2.89. The van der Waals surface area contributed by atoms with Crippen molar-refractivity contribution in [2.75, 3.05) is 0 Å². The second kappa shape index (κ2) is 6.65. The summed E-state index contributed by atoms with van der Waals surface area (Å²) in [6.07, 6.45) is 0.649. The van der Waals surface area contributed by atoms with Gasteiger partial charge in [0.15, 0.2) is 0 Å². The van der Waals surface area contributed by atoms with Crippen LogP contribution in [0.15, 0.2) is 42.5 Å². The smallest absolute Gasteiger partial charge is 0.141 e. The number of hydrazine groups is 1. The molecule has 5 heteroatoms. The monoisotopic (exact) mass is 390 g/mol. The van der Waals surface area contributed by atoms with E-state index in [0.717, 1.165) is 14.7 Å². The van der Waals surface area contributed by atoms with E-state index < -0.39 is 5.82 Å². The normalized spacial score (nSPS) is 12.4. The lowest BCUT2D eigenvalue weighted by atomic mass is 9.99. The molecule has 2 aromatic rings. The van der Waals surface area contributed by atoms with Crippen LogP contribution >= 0.6 is 34.2 Å². The van der Waals surface area contributed by atoms with Crippen LogP contribution < -0.4 is 11.3 Å². The Balaban J connectivity index is 2.24. The predicted molar refractivity (Wildman–Crippen MR) is 84.3 cm³/mol. The van der Waals surface area contributed by atoms with E-state index in [9.17, 15) is 4.39 Å². The summed E-state index contributed by atoms with van der Waals surface area (Å²) in [4.78, 5) is 0. The quantitative estimate of drug-likeness (QED) is 0.473. The molecule has 100 valence electrons. The first-order valence-corrected chi connectivity index (χ1v) is 7.22. The molecule has 19 heavy (non-hydrogen) atoms. The molecular formula is C14H13ClFIN2. The van der Waals surface area contributed by atoms with Crippen LogP contribution in [0.5, 0.6) is 0 Å². The maximum Gasteiger partial charge on any atom is 0.141 e. The summed E-state index contributed by atoms with van der Waals surface area (Å²) in [6, 6.07) is 12.7. The van der Waals surface area contributed by atoms with Gasteiger partial charge in [-0.2, -0.15) is 0 Å². The highest BCUT2D eigenvalue weighted by atomic mass is 127. The number of rotatable bonds is 4. The largest absolute Gasteiger partial charge is 0.271 e. The Kier molecular flexibility index (Phi) is 5.15. The zero-order valence-electron chi connectivity index (χ0n) is 10.0. The van der Waals surface area contributed by atoms with Crippen LogP contribution in [-0.4, -0.2) is 0 Å². The van der Waals surface area contributed by atoms with Gasteiger partial charge in [0, 0.05) is 3.57 Å². The maximum absolute atomic E-state index is 13.1. The average Bonchev–Trinajstić information content (AvgIpc) is 2.41. The van der Waals surface area contributed by atoms with Crippen molar-refractivity contribution < 1.29 is 4.39 Å². The van der Waals surface area contributed by atoms with Crippen LogP contribution in [0.25, 0.3) is 0 Å². The number of hydrogen-bond acceptors (Lipinski definition) is 2. The number of hydrogen-bond donors (Lipinski definition) is 2. The Morgan fingerprint density at radius 3 is 2.63 bits per heavy atom. The second-order valence-corrected chi connectivity index (χ2v) is 5.76. The van der Waals surface area contributed by atoms with Gasteiger partial charge in [-0.15, -0.1) is 0 Å². The molecule has 1 atom stereocenters. The van der Waals surface area contributed by atoms with Crippen LogP contribution in [0.2, 0.25) is 5.02 Å². The Labute approximate surface area is 130 Å². The van der Waals surface area contributed by atoms with Crippen LogP contribution in [0.3, 0.4) is 0 Å². The van der Waals surface area contributed by atoms with Gasteiger partial charge in [0.05, 0.1) is 11.1 Å². The molecular weight excluding hydrogens is 378 g/mol. The molecule has 0 amide bonds. The third-order valence-electron chi connectivity index (χ3n) is 2.91. The minimum Gasteiger partial charge on any atom is -0.271 e. The number of nitrogens with one attached hydrogen (secondary N) is 1. The molecule has 0 aliphatic carbocycles. The second-order valence-electron chi connectivity index (χ2n) is 4.19. The number of nitrogens with two attached hydrogens (primary N) is 1. The SMILES string of the molecule is NNC(Cc1ccc(F)c(Cl)c1)c1ccccc1I. The molecule has 0 spiro atoms.